The van der Waals surface area contributed by atoms with E-state index in [0.717, 1.165) is 11.8 Å². The molecule has 188 valence electrons. The van der Waals surface area contributed by atoms with Crippen molar-refractivity contribution in [2.75, 3.05) is 19.5 Å². The molecule has 1 aromatic rings. The van der Waals surface area contributed by atoms with Crippen LogP contribution in [0.15, 0.2) is 39.2 Å². The van der Waals surface area contributed by atoms with Crippen molar-refractivity contribution in [2.45, 2.75) is 38.5 Å². The minimum Gasteiger partial charge on any atom is -0.462 e. The number of rotatable bonds is 9. The van der Waals surface area contributed by atoms with Crippen LogP contribution in [0.25, 0.3) is 0 Å². The van der Waals surface area contributed by atoms with Gasteiger partial charge in [-0.25, -0.2) is 4.79 Å². The summed E-state index contributed by atoms with van der Waals surface area (Å²) in [6, 6.07) is 2.07. The van der Waals surface area contributed by atoms with Gasteiger partial charge in [0.2, 0.25) is 12.0 Å². The molecule has 0 saturated carbocycles. The van der Waals surface area contributed by atoms with Crippen molar-refractivity contribution in [2.24, 2.45) is 5.16 Å². The van der Waals surface area contributed by atoms with Crippen molar-refractivity contribution in [3.63, 3.8) is 0 Å². The fourth-order valence-corrected chi connectivity index (χ4v) is 4.68. The van der Waals surface area contributed by atoms with Crippen LogP contribution in [0, 0.1) is 0 Å². The van der Waals surface area contributed by atoms with Crippen molar-refractivity contribution in [3.05, 3.63) is 35.4 Å². The van der Waals surface area contributed by atoms with E-state index in [1.54, 1.807) is 6.07 Å². The van der Waals surface area contributed by atoms with Gasteiger partial charge in [-0.1, -0.05) is 5.16 Å². The number of furan rings is 1. The fourth-order valence-electron chi connectivity index (χ4n) is 3.35. The Hall–Kier alpha value is -3.81. The third-order valence-corrected chi connectivity index (χ3v) is 6.07. The highest BCUT2D eigenvalue weighted by atomic mass is 32.2. The maximum Gasteiger partial charge on any atom is 0.358 e. The molecule has 1 unspecified atom stereocenters. The van der Waals surface area contributed by atoms with Crippen molar-refractivity contribution in [1.82, 2.24) is 10.2 Å². The van der Waals surface area contributed by atoms with E-state index < -0.39 is 47.4 Å². The Morgan fingerprint density at radius 1 is 1.26 bits per heavy atom. The second-order valence-corrected chi connectivity index (χ2v) is 8.38. The Labute approximate surface area is 203 Å². The SMILES string of the molecule is CO/N=C(\C(=O)N[C@@H]1C(=O)N2C(C(=O)OC(C)OC(C)=O)=C(COC(C)=O)CS[C@H]12)c1ccco1. The minimum atomic E-state index is -1.22. The lowest BCUT2D eigenvalue weighted by Crippen LogP contribution is -2.71. The highest BCUT2D eigenvalue weighted by Crippen LogP contribution is 2.41. The number of β-lactam (4-membered cyclic amide) rings is 1. The molecule has 3 heterocycles. The summed E-state index contributed by atoms with van der Waals surface area (Å²) < 4.78 is 20.2. The molecular weight excluding hydrogens is 486 g/mol. The predicted octanol–water partition coefficient (Wildman–Crippen LogP) is 0.300. The average molecular weight is 509 g/mol. The lowest BCUT2D eigenvalue weighted by molar-refractivity contribution is -0.182. The van der Waals surface area contributed by atoms with Crippen LogP contribution in [0.1, 0.15) is 26.5 Å². The Morgan fingerprint density at radius 3 is 2.60 bits per heavy atom. The molecule has 1 fully saturated rings. The number of thioether (sulfide) groups is 1. The monoisotopic (exact) mass is 509 g/mol. The van der Waals surface area contributed by atoms with Gasteiger partial charge >= 0.3 is 17.9 Å². The second-order valence-electron chi connectivity index (χ2n) is 7.28. The summed E-state index contributed by atoms with van der Waals surface area (Å²) in [5, 5.41) is 5.59. The van der Waals surface area contributed by atoms with E-state index in [9.17, 15) is 24.0 Å². The van der Waals surface area contributed by atoms with Crippen LogP contribution < -0.4 is 5.32 Å². The Balaban J connectivity index is 1.80. The fraction of sp³-hybridized carbons (Fsp3) is 0.429. The van der Waals surface area contributed by atoms with Gasteiger partial charge in [-0.05, 0) is 12.1 Å². The van der Waals surface area contributed by atoms with E-state index >= 15 is 0 Å². The molecule has 2 amide bonds. The normalized spacial score (nSPS) is 20.3. The molecule has 3 atom stereocenters. The van der Waals surface area contributed by atoms with Gasteiger partial charge in [-0.2, -0.15) is 0 Å². The molecule has 0 radical (unpaired) electrons. The molecule has 1 N–H and O–H groups in total. The first-order chi connectivity index (χ1) is 16.6. The molecular formula is C21H23N3O10S. The summed E-state index contributed by atoms with van der Waals surface area (Å²) in [6.45, 7) is 3.45. The molecule has 14 heteroatoms. The molecule has 0 aliphatic carbocycles. The standard InChI is InChI=1S/C21H23N3O10S/c1-10(25)32-8-13-9-35-20-16(22-18(27)15(23-30-4)14-6-5-7-31-14)19(28)24(20)17(13)21(29)34-12(3)33-11(2)26/h5-7,12,16,20H,8-9H2,1-4H3,(H,22,27)/b23-15-/t12?,16-,20-/m1/s1. The van der Waals surface area contributed by atoms with Gasteiger partial charge in [0, 0.05) is 32.1 Å². The first-order valence-corrected chi connectivity index (χ1v) is 11.3. The van der Waals surface area contributed by atoms with E-state index in [1.165, 1.54) is 45.0 Å². The third kappa shape index (κ3) is 5.82. The van der Waals surface area contributed by atoms with Gasteiger partial charge in [0.1, 0.15) is 30.8 Å². The van der Waals surface area contributed by atoms with Crippen molar-refractivity contribution >= 4 is 47.2 Å². The Morgan fingerprint density at radius 2 is 2.00 bits per heavy atom. The second kappa shape index (κ2) is 11.1. The van der Waals surface area contributed by atoms with Gasteiger partial charge in [0.05, 0.1) is 6.26 Å². The van der Waals surface area contributed by atoms with Gasteiger partial charge in [0.25, 0.3) is 11.8 Å². The Kier molecular flexibility index (Phi) is 8.17. The number of hydrogen-bond donors (Lipinski definition) is 1. The van der Waals surface area contributed by atoms with Gasteiger partial charge < -0.3 is 28.8 Å². The number of nitrogens with one attached hydrogen (secondary N) is 1. The summed E-state index contributed by atoms with van der Waals surface area (Å²) >= 11 is 1.25. The first kappa shape index (κ1) is 25.8. The predicted molar refractivity (Wildman–Crippen MR) is 118 cm³/mol. The van der Waals surface area contributed by atoms with Crippen LogP contribution in [0.4, 0.5) is 0 Å². The van der Waals surface area contributed by atoms with E-state index in [-0.39, 0.29) is 29.5 Å². The Bertz CT molecular complexity index is 1080. The van der Waals surface area contributed by atoms with Crippen molar-refractivity contribution in [3.8, 4) is 0 Å². The number of carbonyl (C=O) groups excluding carboxylic acids is 5. The summed E-state index contributed by atoms with van der Waals surface area (Å²) in [6.07, 6.45) is 0.133. The summed E-state index contributed by atoms with van der Waals surface area (Å²) in [5.41, 5.74) is 0.0172. The van der Waals surface area contributed by atoms with Gasteiger partial charge in [-0.3, -0.25) is 24.1 Å². The molecule has 35 heavy (non-hydrogen) atoms. The van der Waals surface area contributed by atoms with Gasteiger partial charge in [-0.15, -0.1) is 11.8 Å². The van der Waals surface area contributed by atoms with Crippen LogP contribution in [-0.4, -0.2) is 77.5 Å². The highest BCUT2D eigenvalue weighted by molar-refractivity contribution is 8.00. The highest BCUT2D eigenvalue weighted by Gasteiger charge is 2.55. The number of esters is 3. The van der Waals surface area contributed by atoms with Gasteiger partial charge in [0.15, 0.2) is 5.76 Å². The topological polar surface area (TPSA) is 163 Å². The lowest BCUT2D eigenvalue weighted by Gasteiger charge is -2.49. The maximum atomic E-state index is 13.0. The van der Waals surface area contributed by atoms with Crippen LogP contribution >= 0.6 is 11.8 Å². The zero-order valence-electron chi connectivity index (χ0n) is 19.3. The smallest absolute Gasteiger partial charge is 0.358 e. The van der Waals surface area contributed by atoms with Crippen LogP contribution in [0.3, 0.4) is 0 Å². The largest absolute Gasteiger partial charge is 0.462 e. The lowest BCUT2D eigenvalue weighted by atomic mass is 10.0. The van der Waals surface area contributed by atoms with E-state index in [4.69, 9.17) is 23.5 Å². The molecule has 0 bridgehead atoms. The summed E-state index contributed by atoms with van der Waals surface area (Å²) in [7, 11) is 1.26. The zero-order valence-corrected chi connectivity index (χ0v) is 20.1. The quantitative estimate of drug-likeness (QED) is 0.160. The molecule has 2 aliphatic rings. The molecule has 3 rings (SSSR count). The number of fused-ring (bicyclic) bond motifs is 1. The van der Waals surface area contributed by atoms with E-state index in [1.807, 2.05) is 0 Å². The number of nitrogens with zero attached hydrogens (tertiary/aromatic N) is 2. The van der Waals surface area contributed by atoms with Crippen molar-refractivity contribution in [1.29, 1.82) is 0 Å². The molecule has 13 nitrogen and oxygen atoms in total. The third-order valence-electron chi connectivity index (χ3n) is 4.73. The zero-order chi connectivity index (χ0) is 25.7. The maximum absolute atomic E-state index is 13.0. The number of ether oxygens (including phenoxy) is 3. The molecule has 0 aromatic carbocycles. The number of oxime groups is 1. The van der Waals surface area contributed by atoms with Crippen molar-refractivity contribution < 1.29 is 47.4 Å². The van der Waals surface area contributed by atoms with Crippen LogP contribution in [0.2, 0.25) is 0 Å². The molecule has 1 aromatic heterocycles. The molecule has 0 spiro atoms. The summed E-state index contributed by atoms with van der Waals surface area (Å²) in [4.78, 5) is 67.0. The van der Waals surface area contributed by atoms with E-state index in [0.29, 0.717) is 5.57 Å². The van der Waals surface area contributed by atoms with Crippen LogP contribution in [-0.2, 0) is 43.0 Å². The molecule has 1 saturated heterocycles. The number of carbonyl (C=O) groups is 5. The minimum absolute atomic E-state index is 0.136. The first-order valence-electron chi connectivity index (χ1n) is 10.3. The van der Waals surface area contributed by atoms with Crippen LogP contribution in [0.5, 0.6) is 0 Å². The molecule has 2 aliphatic heterocycles. The van der Waals surface area contributed by atoms with E-state index in [2.05, 4.69) is 10.5 Å². The average Bonchev–Trinajstić information content (AvgIpc) is 3.32. The summed E-state index contributed by atoms with van der Waals surface area (Å²) in [5.74, 6) is -3.16. The number of hydrogen-bond acceptors (Lipinski definition) is 12. The number of amides is 2.